The van der Waals surface area contributed by atoms with Crippen LogP contribution in [0.1, 0.15) is 22.3 Å². The maximum absolute atomic E-state index is 5.22. The van der Waals surface area contributed by atoms with Crippen molar-refractivity contribution >= 4 is 17.1 Å². The molecule has 0 radical (unpaired) electrons. The van der Waals surface area contributed by atoms with Crippen LogP contribution < -0.4 is 4.90 Å². The topological polar surface area (TPSA) is 29.0 Å². The second kappa shape index (κ2) is 14.1. The van der Waals surface area contributed by atoms with Crippen molar-refractivity contribution in [3.8, 4) is 45.0 Å². The molecule has 3 nitrogen and oxygen atoms in total. The van der Waals surface area contributed by atoms with E-state index in [1.807, 2.05) is 12.1 Å². The van der Waals surface area contributed by atoms with Crippen molar-refractivity contribution < 1.29 is 0 Å². The van der Waals surface area contributed by atoms with Crippen molar-refractivity contribution in [1.82, 2.24) is 9.97 Å². The van der Waals surface area contributed by atoms with Gasteiger partial charge in [0.15, 0.2) is 5.82 Å². The van der Waals surface area contributed by atoms with Gasteiger partial charge < -0.3 is 4.90 Å². The van der Waals surface area contributed by atoms with Crippen molar-refractivity contribution in [2.75, 3.05) is 4.90 Å². The molecule has 1 aliphatic carbocycles. The van der Waals surface area contributed by atoms with E-state index in [1.165, 1.54) is 27.8 Å². The van der Waals surface area contributed by atoms with E-state index in [0.29, 0.717) is 5.82 Å². The molecule has 0 N–H and O–H groups in total. The molecule has 0 saturated carbocycles. The highest BCUT2D eigenvalue weighted by Gasteiger charge is 2.46. The minimum absolute atomic E-state index is 0.592. The Morgan fingerprint density at radius 3 is 1.27 bits per heavy atom. The van der Waals surface area contributed by atoms with Crippen LogP contribution in [-0.4, -0.2) is 9.97 Å². The molecule has 10 rings (SSSR count). The van der Waals surface area contributed by atoms with Gasteiger partial charge in [-0.25, -0.2) is 9.97 Å². The third-order valence-corrected chi connectivity index (χ3v) is 11.0. The van der Waals surface area contributed by atoms with Crippen molar-refractivity contribution in [2.24, 2.45) is 0 Å². The molecule has 0 bridgehead atoms. The second-order valence-electron chi connectivity index (χ2n) is 14.2. The Bertz CT molecular complexity index is 2640. The molecular weight excluding hydrogens is 679 g/mol. The zero-order valence-electron chi connectivity index (χ0n) is 30.7. The van der Waals surface area contributed by atoms with E-state index in [9.17, 15) is 0 Å². The van der Waals surface area contributed by atoms with E-state index >= 15 is 0 Å². The molecule has 0 spiro atoms. The number of hydrogen-bond acceptors (Lipinski definition) is 3. The highest BCUT2D eigenvalue weighted by atomic mass is 15.1. The van der Waals surface area contributed by atoms with Gasteiger partial charge >= 0.3 is 0 Å². The number of fused-ring (bicyclic) bond motifs is 3. The third kappa shape index (κ3) is 5.69. The summed E-state index contributed by atoms with van der Waals surface area (Å²) in [4.78, 5) is 12.8. The largest absolute Gasteiger partial charge is 0.311 e. The van der Waals surface area contributed by atoms with Crippen LogP contribution in [-0.2, 0) is 5.41 Å². The number of benzene rings is 8. The van der Waals surface area contributed by atoms with Crippen LogP contribution in [0.15, 0.2) is 224 Å². The molecule has 1 aromatic heterocycles. The lowest BCUT2D eigenvalue weighted by atomic mass is 9.67. The highest BCUT2D eigenvalue weighted by molar-refractivity contribution is 5.87. The molecule has 0 saturated heterocycles. The summed E-state index contributed by atoms with van der Waals surface area (Å²) < 4.78 is 0. The summed E-state index contributed by atoms with van der Waals surface area (Å²) in [6.07, 6.45) is 0. The predicted octanol–water partition coefficient (Wildman–Crippen LogP) is 13.3. The van der Waals surface area contributed by atoms with Crippen LogP contribution in [0.4, 0.5) is 17.1 Å². The van der Waals surface area contributed by atoms with Gasteiger partial charge in [-0.15, -0.1) is 0 Å². The van der Waals surface area contributed by atoms with Crippen LogP contribution in [0.3, 0.4) is 0 Å². The average molecular weight is 716 g/mol. The molecule has 0 fully saturated rings. The van der Waals surface area contributed by atoms with Gasteiger partial charge in [0, 0.05) is 33.8 Å². The van der Waals surface area contributed by atoms with E-state index in [0.717, 1.165) is 50.7 Å². The van der Waals surface area contributed by atoms with Crippen LogP contribution in [0.5, 0.6) is 0 Å². The Kier molecular flexibility index (Phi) is 8.38. The van der Waals surface area contributed by atoms with Gasteiger partial charge in [-0.1, -0.05) is 176 Å². The van der Waals surface area contributed by atoms with Gasteiger partial charge in [-0.05, 0) is 81.9 Å². The standard InChI is InChI=1S/C53H37N3/c1-5-18-38(19-6-1)50-37-51(39-20-7-2-8-21-39)55-52(54-50)40-22-17-23-42(36-40)53(48-30-15-13-28-46(48)47-29-14-16-31-49(47)53)41-32-34-45(35-33-41)56(43-24-9-3-10-25-43)44-26-11-4-12-27-44/h1-37H. The Morgan fingerprint density at radius 2 is 0.750 bits per heavy atom. The predicted molar refractivity (Wildman–Crippen MR) is 230 cm³/mol. The molecule has 9 aromatic rings. The molecule has 0 atom stereocenters. The fourth-order valence-corrected chi connectivity index (χ4v) is 8.47. The Labute approximate surface area is 327 Å². The van der Waals surface area contributed by atoms with Gasteiger partial charge in [0.25, 0.3) is 0 Å². The fraction of sp³-hybridized carbons (Fsp3) is 0.0189. The van der Waals surface area contributed by atoms with Crippen LogP contribution >= 0.6 is 0 Å². The second-order valence-corrected chi connectivity index (χ2v) is 14.2. The lowest BCUT2D eigenvalue weighted by Gasteiger charge is -2.34. The summed E-state index contributed by atoms with van der Waals surface area (Å²) in [7, 11) is 0. The monoisotopic (exact) mass is 715 g/mol. The molecule has 3 heteroatoms. The molecular formula is C53H37N3. The Balaban J connectivity index is 1.17. The quantitative estimate of drug-likeness (QED) is 0.157. The first-order valence-electron chi connectivity index (χ1n) is 19.1. The first-order chi connectivity index (χ1) is 27.8. The lowest BCUT2D eigenvalue weighted by Crippen LogP contribution is -2.28. The molecule has 1 heterocycles. The third-order valence-electron chi connectivity index (χ3n) is 11.0. The Hall–Kier alpha value is -7.36. The number of anilines is 3. The van der Waals surface area contributed by atoms with Gasteiger partial charge in [-0.2, -0.15) is 0 Å². The number of aromatic nitrogens is 2. The SMILES string of the molecule is c1ccc(-c2cc(-c3ccccc3)nc(-c3cccc(C4(c5ccc(N(c6ccccc6)c6ccccc6)cc5)c5ccccc5-c5ccccc54)c3)n2)cc1. The minimum atomic E-state index is -0.592. The van der Waals surface area contributed by atoms with Gasteiger partial charge in [0.05, 0.1) is 16.8 Å². The molecule has 264 valence electrons. The summed E-state index contributed by atoms with van der Waals surface area (Å²) in [6, 6.07) is 79.8. The summed E-state index contributed by atoms with van der Waals surface area (Å²) in [5.74, 6) is 0.693. The number of para-hydroxylation sites is 2. The van der Waals surface area contributed by atoms with Crippen molar-refractivity contribution in [2.45, 2.75) is 5.41 Å². The molecule has 56 heavy (non-hydrogen) atoms. The zero-order chi connectivity index (χ0) is 37.3. The number of nitrogens with zero attached hydrogens (tertiary/aromatic N) is 3. The van der Waals surface area contributed by atoms with Crippen molar-refractivity contribution in [1.29, 1.82) is 0 Å². The smallest absolute Gasteiger partial charge is 0.160 e. The van der Waals surface area contributed by atoms with E-state index in [1.54, 1.807) is 0 Å². The lowest BCUT2D eigenvalue weighted by molar-refractivity contribution is 0.768. The fourth-order valence-electron chi connectivity index (χ4n) is 8.47. The summed E-state index contributed by atoms with van der Waals surface area (Å²) in [5.41, 5.74) is 15.0. The average Bonchev–Trinajstić information content (AvgIpc) is 3.59. The molecule has 8 aromatic carbocycles. The highest BCUT2D eigenvalue weighted by Crippen LogP contribution is 2.56. The van der Waals surface area contributed by atoms with E-state index in [-0.39, 0.29) is 0 Å². The number of rotatable bonds is 8. The zero-order valence-corrected chi connectivity index (χ0v) is 30.7. The molecule has 0 amide bonds. The number of hydrogen-bond donors (Lipinski definition) is 0. The van der Waals surface area contributed by atoms with Crippen LogP contribution in [0, 0.1) is 0 Å². The van der Waals surface area contributed by atoms with Crippen molar-refractivity contribution in [3.63, 3.8) is 0 Å². The summed E-state index contributed by atoms with van der Waals surface area (Å²) in [5, 5.41) is 0. The maximum Gasteiger partial charge on any atom is 0.160 e. The Morgan fingerprint density at radius 1 is 0.321 bits per heavy atom. The van der Waals surface area contributed by atoms with E-state index < -0.39 is 5.41 Å². The molecule has 0 aliphatic heterocycles. The van der Waals surface area contributed by atoms with Crippen molar-refractivity contribution in [3.05, 3.63) is 247 Å². The van der Waals surface area contributed by atoms with E-state index in [4.69, 9.17) is 9.97 Å². The first-order valence-corrected chi connectivity index (χ1v) is 19.1. The van der Waals surface area contributed by atoms with Crippen LogP contribution in [0.2, 0.25) is 0 Å². The molecule has 1 aliphatic rings. The summed E-state index contributed by atoms with van der Waals surface area (Å²) in [6.45, 7) is 0. The first kappa shape index (κ1) is 33.2. The summed E-state index contributed by atoms with van der Waals surface area (Å²) >= 11 is 0. The maximum atomic E-state index is 5.22. The van der Waals surface area contributed by atoms with Gasteiger partial charge in [0.2, 0.25) is 0 Å². The van der Waals surface area contributed by atoms with E-state index in [2.05, 4.69) is 217 Å². The molecule has 0 unspecified atom stereocenters. The normalized spacial score (nSPS) is 12.4. The van der Waals surface area contributed by atoms with Gasteiger partial charge in [0.1, 0.15) is 0 Å². The van der Waals surface area contributed by atoms with Crippen LogP contribution in [0.25, 0.3) is 45.0 Å². The minimum Gasteiger partial charge on any atom is -0.311 e. The van der Waals surface area contributed by atoms with Gasteiger partial charge in [-0.3, -0.25) is 0 Å².